The number of hydrogen-bond acceptors (Lipinski definition) is 2. The number of nitrogens with zero attached hydrogens (tertiary/aromatic N) is 1. The zero-order valence-corrected chi connectivity index (χ0v) is 12.0. The summed E-state index contributed by atoms with van der Waals surface area (Å²) in [6.07, 6.45) is 2.46. The van der Waals surface area contributed by atoms with Crippen LogP contribution in [-0.2, 0) is 13.0 Å². The largest absolute Gasteiger partial charge is 0.508 e. The third kappa shape index (κ3) is 3.54. The van der Waals surface area contributed by atoms with E-state index in [1.54, 1.807) is 24.4 Å². The smallest absolute Gasteiger partial charge is 0.267 e. The van der Waals surface area contributed by atoms with Crippen LogP contribution in [0.5, 0.6) is 5.75 Å². The molecule has 0 radical (unpaired) electrons. The number of carbonyl (C=O) groups is 1. The molecule has 106 valence electrons. The number of hydrogen-bond donors (Lipinski definition) is 2. The maximum Gasteiger partial charge on any atom is 0.267 e. The SMILES string of the molecule is CCn1cc(Cl)cc1C(=O)NCCc1ccc(O)cc1. The number of nitrogens with one attached hydrogen (secondary N) is 1. The Labute approximate surface area is 123 Å². The van der Waals surface area contributed by atoms with Gasteiger partial charge in [0.2, 0.25) is 0 Å². The van der Waals surface area contributed by atoms with E-state index in [-0.39, 0.29) is 11.7 Å². The van der Waals surface area contributed by atoms with Gasteiger partial charge in [0.15, 0.2) is 0 Å². The van der Waals surface area contributed by atoms with Crippen molar-refractivity contribution in [3.8, 4) is 5.75 Å². The number of aromatic hydroxyl groups is 1. The van der Waals surface area contributed by atoms with E-state index in [0.717, 1.165) is 5.56 Å². The highest BCUT2D eigenvalue weighted by Gasteiger charge is 2.11. The van der Waals surface area contributed by atoms with E-state index < -0.39 is 0 Å². The molecule has 2 rings (SSSR count). The van der Waals surface area contributed by atoms with Crippen LogP contribution in [0.1, 0.15) is 23.0 Å². The number of halogens is 1. The molecule has 4 nitrogen and oxygen atoms in total. The topological polar surface area (TPSA) is 54.3 Å². The number of phenols is 1. The second kappa shape index (κ2) is 6.48. The Hall–Kier alpha value is -1.94. The first-order valence-corrected chi connectivity index (χ1v) is 6.89. The summed E-state index contributed by atoms with van der Waals surface area (Å²) >= 11 is 5.91. The first-order chi connectivity index (χ1) is 9.60. The van der Waals surface area contributed by atoms with Gasteiger partial charge in [0, 0.05) is 19.3 Å². The van der Waals surface area contributed by atoms with Gasteiger partial charge in [-0.05, 0) is 37.1 Å². The molecule has 0 aliphatic heterocycles. The van der Waals surface area contributed by atoms with Gasteiger partial charge in [0.05, 0.1) is 5.02 Å². The molecule has 5 heteroatoms. The van der Waals surface area contributed by atoms with Gasteiger partial charge >= 0.3 is 0 Å². The van der Waals surface area contributed by atoms with Crippen molar-refractivity contribution in [1.82, 2.24) is 9.88 Å². The number of amides is 1. The van der Waals surface area contributed by atoms with Gasteiger partial charge in [-0.25, -0.2) is 0 Å². The Balaban J connectivity index is 1.90. The van der Waals surface area contributed by atoms with Crippen LogP contribution in [-0.4, -0.2) is 22.1 Å². The Morgan fingerprint density at radius 1 is 1.35 bits per heavy atom. The highest BCUT2D eigenvalue weighted by molar-refractivity contribution is 6.31. The summed E-state index contributed by atoms with van der Waals surface area (Å²) in [5.41, 5.74) is 1.63. The van der Waals surface area contributed by atoms with Crippen LogP contribution in [0.15, 0.2) is 36.5 Å². The lowest BCUT2D eigenvalue weighted by Crippen LogP contribution is -2.27. The highest BCUT2D eigenvalue weighted by atomic mass is 35.5. The van der Waals surface area contributed by atoms with E-state index in [0.29, 0.717) is 30.2 Å². The summed E-state index contributed by atoms with van der Waals surface area (Å²) in [6.45, 7) is 3.20. The maximum atomic E-state index is 12.1. The van der Waals surface area contributed by atoms with Crippen molar-refractivity contribution < 1.29 is 9.90 Å². The molecule has 20 heavy (non-hydrogen) atoms. The van der Waals surface area contributed by atoms with Crippen molar-refractivity contribution in [2.24, 2.45) is 0 Å². The molecule has 0 bridgehead atoms. The van der Waals surface area contributed by atoms with E-state index in [4.69, 9.17) is 11.6 Å². The van der Waals surface area contributed by atoms with Crippen molar-refractivity contribution in [2.45, 2.75) is 19.9 Å². The molecule has 2 N–H and O–H groups in total. The molecule has 1 aromatic carbocycles. The van der Waals surface area contributed by atoms with Crippen LogP contribution in [0, 0.1) is 0 Å². The number of phenolic OH excluding ortho intramolecular Hbond substituents is 1. The summed E-state index contributed by atoms with van der Waals surface area (Å²) in [5.74, 6) is 0.116. The molecule has 2 aromatic rings. The first-order valence-electron chi connectivity index (χ1n) is 6.52. The molecule has 1 aromatic heterocycles. The zero-order chi connectivity index (χ0) is 14.5. The standard InChI is InChI=1S/C15H17ClN2O2/c1-2-18-10-12(16)9-14(18)15(20)17-8-7-11-3-5-13(19)6-4-11/h3-6,9-10,19H,2,7-8H2,1H3,(H,17,20). The highest BCUT2D eigenvalue weighted by Crippen LogP contribution is 2.14. The zero-order valence-electron chi connectivity index (χ0n) is 11.3. The van der Waals surface area contributed by atoms with E-state index in [9.17, 15) is 9.90 Å². The molecule has 0 saturated carbocycles. The fourth-order valence-corrected chi connectivity index (χ4v) is 2.22. The van der Waals surface area contributed by atoms with Crippen LogP contribution in [0.2, 0.25) is 5.02 Å². The lowest BCUT2D eigenvalue weighted by molar-refractivity contribution is 0.0945. The van der Waals surface area contributed by atoms with Crippen molar-refractivity contribution in [3.63, 3.8) is 0 Å². The Bertz CT molecular complexity index is 590. The number of benzene rings is 1. The van der Waals surface area contributed by atoms with E-state index in [2.05, 4.69) is 5.32 Å². The first kappa shape index (κ1) is 14.5. The molecule has 1 heterocycles. The summed E-state index contributed by atoms with van der Waals surface area (Å²) in [4.78, 5) is 12.1. The second-order valence-electron chi connectivity index (χ2n) is 4.50. The van der Waals surface area contributed by atoms with Crippen LogP contribution in [0.3, 0.4) is 0 Å². The molecule has 0 fully saturated rings. The molecule has 0 unspecified atom stereocenters. The van der Waals surface area contributed by atoms with Gasteiger partial charge in [-0.1, -0.05) is 23.7 Å². The number of aromatic nitrogens is 1. The Morgan fingerprint density at radius 2 is 2.05 bits per heavy atom. The minimum absolute atomic E-state index is 0.127. The third-order valence-corrected chi connectivity index (χ3v) is 3.28. The predicted octanol–water partition coefficient (Wildman–Crippen LogP) is 2.84. The van der Waals surface area contributed by atoms with Gasteiger partial charge in [-0.3, -0.25) is 4.79 Å². The Kier molecular flexibility index (Phi) is 4.69. The average Bonchev–Trinajstić information content (AvgIpc) is 2.82. The molecule has 0 aliphatic rings. The molecule has 0 atom stereocenters. The maximum absolute atomic E-state index is 12.1. The second-order valence-corrected chi connectivity index (χ2v) is 4.94. The van der Waals surface area contributed by atoms with Crippen LogP contribution in [0.25, 0.3) is 0 Å². The predicted molar refractivity (Wildman–Crippen MR) is 79.3 cm³/mol. The lowest BCUT2D eigenvalue weighted by atomic mass is 10.1. The van der Waals surface area contributed by atoms with Gasteiger partial charge in [-0.15, -0.1) is 0 Å². The molecule has 0 spiro atoms. The van der Waals surface area contributed by atoms with Crippen molar-refractivity contribution in [3.05, 3.63) is 52.8 Å². The molecular weight excluding hydrogens is 276 g/mol. The lowest BCUT2D eigenvalue weighted by Gasteiger charge is -2.07. The molecule has 0 aliphatic carbocycles. The summed E-state index contributed by atoms with van der Waals surface area (Å²) in [7, 11) is 0. The average molecular weight is 293 g/mol. The summed E-state index contributed by atoms with van der Waals surface area (Å²) in [5, 5.41) is 12.6. The van der Waals surface area contributed by atoms with Gasteiger partial charge in [0.1, 0.15) is 11.4 Å². The van der Waals surface area contributed by atoms with E-state index in [1.165, 1.54) is 0 Å². The summed E-state index contributed by atoms with van der Waals surface area (Å²) < 4.78 is 1.82. The molecule has 1 amide bonds. The van der Waals surface area contributed by atoms with Crippen LogP contribution < -0.4 is 5.32 Å². The van der Waals surface area contributed by atoms with E-state index >= 15 is 0 Å². The number of aryl methyl sites for hydroxylation is 1. The third-order valence-electron chi connectivity index (χ3n) is 3.07. The minimum Gasteiger partial charge on any atom is -0.508 e. The number of carbonyl (C=O) groups excluding carboxylic acids is 1. The fraction of sp³-hybridized carbons (Fsp3) is 0.267. The minimum atomic E-state index is -0.127. The van der Waals surface area contributed by atoms with Crippen LogP contribution in [0.4, 0.5) is 0 Å². The quantitative estimate of drug-likeness (QED) is 0.890. The normalized spacial score (nSPS) is 10.5. The van der Waals surface area contributed by atoms with Crippen molar-refractivity contribution in [1.29, 1.82) is 0 Å². The van der Waals surface area contributed by atoms with Crippen molar-refractivity contribution in [2.75, 3.05) is 6.54 Å². The van der Waals surface area contributed by atoms with Crippen molar-refractivity contribution >= 4 is 17.5 Å². The monoisotopic (exact) mass is 292 g/mol. The number of rotatable bonds is 5. The van der Waals surface area contributed by atoms with Crippen LogP contribution >= 0.6 is 11.6 Å². The molecule has 0 saturated heterocycles. The van der Waals surface area contributed by atoms with Gasteiger partial charge < -0.3 is 15.0 Å². The Morgan fingerprint density at radius 3 is 2.70 bits per heavy atom. The van der Waals surface area contributed by atoms with Gasteiger partial charge in [-0.2, -0.15) is 0 Å². The fourth-order valence-electron chi connectivity index (χ4n) is 2.00. The van der Waals surface area contributed by atoms with E-state index in [1.807, 2.05) is 23.6 Å². The summed E-state index contributed by atoms with van der Waals surface area (Å²) in [6, 6.07) is 8.62. The molecular formula is C15H17ClN2O2. The van der Waals surface area contributed by atoms with Gasteiger partial charge in [0.25, 0.3) is 5.91 Å².